The number of piperazine rings is 1. The molecule has 0 unspecified atom stereocenters. The van der Waals surface area contributed by atoms with Crippen LogP contribution in [0.2, 0.25) is 5.02 Å². The van der Waals surface area contributed by atoms with Crippen molar-refractivity contribution in [3.05, 3.63) is 34.9 Å². The van der Waals surface area contributed by atoms with Crippen molar-refractivity contribution in [1.82, 2.24) is 20.9 Å². The van der Waals surface area contributed by atoms with Gasteiger partial charge in [-0.15, -0.1) is 0 Å². The van der Waals surface area contributed by atoms with Crippen molar-refractivity contribution in [2.24, 2.45) is 0 Å². The van der Waals surface area contributed by atoms with Crippen LogP contribution in [0.5, 0.6) is 0 Å². The molecule has 116 valence electrons. The summed E-state index contributed by atoms with van der Waals surface area (Å²) in [6, 6.07) is 7.59. The molecule has 1 heterocycles. The molecule has 2 amide bonds. The van der Waals surface area contributed by atoms with Crippen LogP contribution in [0.15, 0.2) is 24.3 Å². The van der Waals surface area contributed by atoms with Gasteiger partial charge in [-0.3, -0.25) is 4.90 Å². The van der Waals surface area contributed by atoms with Crippen LogP contribution in [0.25, 0.3) is 0 Å². The third-order valence-corrected chi connectivity index (χ3v) is 3.93. The Bertz CT molecular complexity index is 449. The highest BCUT2D eigenvalue weighted by Gasteiger charge is 2.09. The van der Waals surface area contributed by atoms with Crippen LogP contribution in [0, 0.1) is 0 Å². The molecule has 0 saturated carbocycles. The predicted octanol–water partition coefficient (Wildman–Crippen LogP) is 1.09. The summed E-state index contributed by atoms with van der Waals surface area (Å²) in [6.07, 6.45) is 0.741. The van der Waals surface area contributed by atoms with Gasteiger partial charge in [0.05, 0.1) is 0 Å². The fourth-order valence-corrected chi connectivity index (χ4v) is 2.57. The topological polar surface area (TPSA) is 56.4 Å². The maximum Gasteiger partial charge on any atom is 0.314 e. The fourth-order valence-electron chi connectivity index (χ4n) is 2.34. The number of hydrogen-bond donors (Lipinski definition) is 3. The van der Waals surface area contributed by atoms with Crippen LogP contribution >= 0.6 is 11.6 Å². The van der Waals surface area contributed by atoms with E-state index in [0.717, 1.165) is 49.7 Å². The number of carbonyl (C=O) groups is 1. The average molecular weight is 311 g/mol. The van der Waals surface area contributed by atoms with E-state index in [1.54, 1.807) is 0 Å². The quantitative estimate of drug-likeness (QED) is 0.737. The molecular weight excluding hydrogens is 288 g/mol. The summed E-state index contributed by atoms with van der Waals surface area (Å²) in [5.41, 5.74) is 1.06. The molecule has 0 aliphatic carbocycles. The lowest BCUT2D eigenvalue weighted by Crippen LogP contribution is -2.47. The van der Waals surface area contributed by atoms with Crippen LogP contribution in [0.4, 0.5) is 4.79 Å². The molecule has 1 aliphatic heterocycles. The van der Waals surface area contributed by atoms with E-state index in [-0.39, 0.29) is 6.03 Å². The summed E-state index contributed by atoms with van der Waals surface area (Å²) in [5.74, 6) is 0. The molecule has 1 aliphatic rings. The number of halogens is 1. The Morgan fingerprint density at radius 3 is 2.67 bits per heavy atom. The van der Waals surface area contributed by atoms with Gasteiger partial charge in [-0.1, -0.05) is 29.8 Å². The van der Waals surface area contributed by atoms with Crippen molar-refractivity contribution in [1.29, 1.82) is 0 Å². The fraction of sp³-hybridized carbons (Fsp3) is 0.533. The summed E-state index contributed by atoms with van der Waals surface area (Å²) in [5, 5.41) is 9.80. The maximum atomic E-state index is 11.7. The Kier molecular flexibility index (Phi) is 6.79. The van der Waals surface area contributed by atoms with E-state index in [4.69, 9.17) is 11.6 Å². The first-order chi connectivity index (χ1) is 10.3. The van der Waals surface area contributed by atoms with Gasteiger partial charge in [0.15, 0.2) is 0 Å². The second-order valence-corrected chi connectivity index (χ2v) is 5.52. The smallest absolute Gasteiger partial charge is 0.314 e. The third-order valence-electron chi connectivity index (χ3n) is 3.56. The van der Waals surface area contributed by atoms with E-state index >= 15 is 0 Å². The highest BCUT2D eigenvalue weighted by Crippen LogP contribution is 2.14. The van der Waals surface area contributed by atoms with E-state index in [1.165, 1.54) is 0 Å². The molecule has 1 fully saturated rings. The molecule has 0 bridgehead atoms. The number of benzene rings is 1. The minimum Gasteiger partial charge on any atom is -0.338 e. The van der Waals surface area contributed by atoms with Gasteiger partial charge >= 0.3 is 6.03 Å². The number of nitrogens with one attached hydrogen (secondary N) is 3. The van der Waals surface area contributed by atoms with Crippen LogP contribution in [0.1, 0.15) is 5.56 Å². The van der Waals surface area contributed by atoms with E-state index < -0.39 is 0 Å². The minimum atomic E-state index is -0.114. The van der Waals surface area contributed by atoms with Crippen molar-refractivity contribution in [3.63, 3.8) is 0 Å². The molecule has 0 aromatic heterocycles. The first-order valence-corrected chi connectivity index (χ1v) is 7.81. The lowest BCUT2D eigenvalue weighted by molar-refractivity contribution is 0.227. The third kappa shape index (κ3) is 5.91. The normalized spacial score (nSPS) is 15.7. The summed E-state index contributed by atoms with van der Waals surface area (Å²) in [4.78, 5) is 14.0. The van der Waals surface area contributed by atoms with Crippen LogP contribution in [-0.4, -0.2) is 56.7 Å². The van der Waals surface area contributed by atoms with Crippen LogP contribution in [0.3, 0.4) is 0 Å². The lowest BCUT2D eigenvalue weighted by atomic mass is 10.1. The monoisotopic (exact) mass is 310 g/mol. The van der Waals surface area contributed by atoms with Crippen LogP contribution in [-0.2, 0) is 6.42 Å². The Hall–Kier alpha value is -1.30. The molecule has 0 atom stereocenters. The number of rotatable bonds is 6. The van der Waals surface area contributed by atoms with E-state index in [0.29, 0.717) is 13.1 Å². The highest BCUT2D eigenvalue weighted by molar-refractivity contribution is 6.31. The highest BCUT2D eigenvalue weighted by atomic mass is 35.5. The van der Waals surface area contributed by atoms with Gasteiger partial charge in [-0.05, 0) is 18.1 Å². The molecule has 1 saturated heterocycles. The molecule has 3 N–H and O–H groups in total. The van der Waals surface area contributed by atoms with Gasteiger partial charge in [-0.2, -0.15) is 0 Å². The van der Waals surface area contributed by atoms with Crippen molar-refractivity contribution in [2.45, 2.75) is 6.42 Å². The molecule has 0 spiro atoms. The van der Waals surface area contributed by atoms with Crippen molar-refractivity contribution < 1.29 is 4.79 Å². The summed E-state index contributed by atoms with van der Waals surface area (Å²) in [6.45, 7) is 6.33. The van der Waals surface area contributed by atoms with Gasteiger partial charge < -0.3 is 16.0 Å². The Morgan fingerprint density at radius 1 is 1.19 bits per heavy atom. The van der Waals surface area contributed by atoms with Gasteiger partial charge in [0.2, 0.25) is 0 Å². The Balaban J connectivity index is 1.56. The van der Waals surface area contributed by atoms with E-state index in [1.807, 2.05) is 24.3 Å². The minimum absolute atomic E-state index is 0.114. The van der Waals surface area contributed by atoms with Crippen molar-refractivity contribution >= 4 is 17.6 Å². The van der Waals surface area contributed by atoms with Crippen molar-refractivity contribution in [2.75, 3.05) is 45.8 Å². The number of nitrogens with zero attached hydrogens (tertiary/aromatic N) is 1. The molecule has 1 aromatic rings. The summed E-state index contributed by atoms with van der Waals surface area (Å²) >= 11 is 6.07. The molecule has 2 rings (SSSR count). The van der Waals surface area contributed by atoms with Gasteiger partial charge in [0.25, 0.3) is 0 Å². The van der Waals surface area contributed by atoms with Crippen LogP contribution < -0.4 is 16.0 Å². The zero-order valence-electron chi connectivity index (χ0n) is 12.2. The average Bonchev–Trinajstić information content (AvgIpc) is 2.50. The number of hydrogen-bond acceptors (Lipinski definition) is 3. The molecule has 5 nitrogen and oxygen atoms in total. The first kappa shape index (κ1) is 16.1. The maximum absolute atomic E-state index is 11.7. The number of urea groups is 1. The standard InChI is InChI=1S/C15H23ClN4O/c16-14-4-2-1-3-13(14)5-6-18-15(21)19-9-12-20-10-7-17-8-11-20/h1-4,17H,5-12H2,(H2,18,19,21). The lowest BCUT2D eigenvalue weighted by Gasteiger charge is -2.27. The molecule has 21 heavy (non-hydrogen) atoms. The second-order valence-electron chi connectivity index (χ2n) is 5.12. The zero-order valence-corrected chi connectivity index (χ0v) is 13.0. The zero-order chi connectivity index (χ0) is 14.9. The van der Waals surface area contributed by atoms with E-state index in [9.17, 15) is 4.79 Å². The largest absolute Gasteiger partial charge is 0.338 e. The predicted molar refractivity (Wildman–Crippen MR) is 85.9 cm³/mol. The second kappa shape index (κ2) is 8.87. The Labute approximate surface area is 131 Å². The summed E-state index contributed by atoms with van der Waals surface area (Å²) < 4.78 is 0. The first-order valence-electron chi connectivity index (χ1n) is 7.44. The van der Waals surface area contributed by atoms with Gasteiger partial charge in [0, 0.05) is 50.8 Å². The van der Waals surface area contributed by atoms with Crippen molar-refractivity contribution in [3.8, 4) is 0 Å². The Morgan fingerprint density at radius 2 is 1.90 bits per heavy atom. The van der Waals surface area contributed by atoms with Gasteiger partial charge in [0.1, 0.15) is 0 Å². The molecule has 6 heteroatoms. The number of carbonyl (C=O) groups excluding carboxylic acids is 1. The molecular formula is C15H23ClN4O. The van der Waals surface area contributed by atoms with E-state index in [2.05, 4.69) is 20.9 Å². The number of amides is 2. The van der Waals surface area contributed by atoms with Gasteiger partial charge in [-0.25, -0.2) is 4.79 Å². The molecule has 0 radical (unpaired) electrons. The summed E-state index contributed by atoms with van der Waals surface area (Å²) in [7, 11) is 0. The molecule has 1 aromatic carbocycles. The SMILES string of the molecule is O=C(NCCc1ccccc1Cl)NCCN1CCNCC1.